The Morgan fingerprint density at radius 2 is 1.56 bits per heavy atom. The summed E-state index contributed by atoms with van der Waals surface area (Å²) in [6.45, 7) is 12.2. The summed E-state index contributed by atoms with van der Waals surface area (Å²) in [6.07, 6.45) is -0.396. The van der Waals surface area contributed by atoms with E-state index >= 15 is 0 Å². The van der Waals surface area contributed by atoms with Crippen LogP contribution in [-0.2, 0) is 4.74 Å². The second kappa shape index (κ2) is 9.45. The van der Waals surface area contributed by atoms with E-state index in [0.717, 1.165) is 0 Å². The van der Waals surface area contributed by atoms with E-state index in [9.17, 15) is 4.79 Å². The van der Waals surface area contributed by atoms with E-state index in [-0.39, 0.29) is 19.0 Å². The van der Waals surface area contributed by atoms with Crippen LogP contribution in [0.4, 0.5) is 4.79 Å². The molecule has 0 aromatic rings. The minimum absolute atomic E-state index is 0. The maximum absolute atomic E-state index is 11.0. The number of nitrogens with one attached hydrogen (secondary N) is 1. The third-order valence-corrected chi connectivity index (χ3v) is 2.32. The van der Waals surface area contributed by atoms with Crippen LogP contribution in [0.15, 0.2) is 0 Å². The Morgan fingerprint density at radius 3 is 1.72 bits per heavy atom. The zero-order valence-corrected chi connectivity index (χ0v) is 13.1. The Hall–Kier alpha value is -0.480. The Balaban J connectivity index is -0.000000277. The first-order chi connectivity index (χ1) is 7.45. The summed E-state index contributed by atoms with van der Waals surface area (Å²) >= 11 is 5.22. The molecule has 0 atom stereocenters. The minimum atomic E-state index is -0.396. The number of alkyl halides is 1. The van der Waals surface area contributed by atoms with Crippen LogP contribution in [0, 0.1) is 0 Å². The maximum atomic E-state index is 11.0. The molecule has 0 fully saturated rings. The van der Waals surface area contributed by atoms with Gasteiger partial charge >= 0.3 is 6.09 Å². The fourth-order valence-electron chi connectivity index (χ4n) is 0.417. The Labute approximate surface area is 118 Å². The van der Waals surface area contributed by atoms with Crippen LogP contribution < -0.4 is 5.32 Å². The third kappa shape index (κ3) is 13.6. The molecule has 18 heavy (non-hydrogen) atoms. The molecule has 0 heterocycles. The highest BCUT2D eigenvalue weighted by Crippen LogP contribution is 2.11. The molecule has 0 aliphatic heterocycles. The second-order valence-corrected chi connectivity index (χ2v) is 5.97. The number of hydrogen-bond acceptors (Lipinski definition) is 3. The van der Waals surface area contributed by atoms with Gasteiger partial charge in [0.1, 0.15) is 0 Å². The summed E-state index contributed by atoms with van der Waals surface area (Å²) in [4.78, 5) is 12.5. The van der Waals surface area contributed by atoms with Crippen molar-refractivity contribution in [1.82, 2.24) is 10.2 Å². The van der Waals surface area contributed by atoms with Gasteiger partial charge in [-0.1, -0.05) is 19.0 Å². The topological polar surface area (TPSA) is 41.6 Å². The number of nitrogens with zero attached hydrogens (tertiary/aromatic N) is 1. The van der Waals surface area contributed by atoms with Gasteiger partial charge in [-0.05, 0) is 48.6 Å². The van der Waals surface area contributed by atoms with Crippen LogP contribution in [0.2, 0.25) is 0 Å². The van der Waals surface area contributed by atoms with Crippen molar-refractivity contribution in [1.29, 1.82) is 0 Å². The summed E-state index contributed by atoms with van der Waals surface area (Å²) in [5.41, 5.74) is 0.0726. The fraction of sp³-hybridized carbons (Fsp3) is 0.923. The highest BCUT2D eigenvalue weighted by Gasteiger charge is 2.22. The number of rotatable bonds is 1. The van der Waals surface area contributed by atoms with Crippen LogP contribution in [0.5, 0.6) is 0 Å². The number of hydrogen-bond donors (Lipinski definition) is 1. The molecular weight excluding hydrogens is 252 g/mol. The van der Waals surface area contributed by atoms with Gasteiger partial charge in [0.2, 0.25) is 0 Å². The van der Waals surface area contributed by atoms with Crippen molar-refractivity contribution in [2.24, 2.45) is 0 Å². The van der Waals surface area contributed by atoms with Gasteiger partial charge in [0.05, 0.1) is 0 Å². The highest BCUT2D eigenvalue weighted by atomic mass is 35.5. The van der Waals surface area contributed by atoms with Crippen molar-refractivity contribution in [2.45, 2.75) is 60.0 Å². The Morgan fingerprint density at radius 1 is 1.22 bits per heavy atom. The van der Waals surface area contributed by atoms with Crippen molar-refractivity contribution < 1.29 is 9.53 Å². The molecular formula is C13H31ClN2O2. The molecule has 0 bridgehead atoms. The van der Waals surface area contributed by atoms with Crippen LogP contribution in [0.25, 0.3) is 0 Å². The van der Waals surface area contributed by atoms with E-state index in [4.69, 9.17) is 11.6 Å². The van der Waals surface area contributed by atoms with Gasteiger partial charge in [0, 0.05) is 18.1 Å². The van der Waals surface area contributed by atoms with E-state index in [1.54, 1.807) is 7.05 Å². The lowest BCUT2D eigenvalue weighted by atomic mass is 10.1. The summed E-state index contributed by atoms with van der Waals surface area (Å²) in [7, 11) is 3.63. The fourth-order valence-corrected chi connectivity index (χ4v) is 0.511. The molecule has 0 aliphatic rings. The second-order valence-electron chi connectivity index (χ2n) is 5.75. The van der Waals surface area contributed by atoms with Gasteiger partial charge in [-0.25, -0.2) is 4.79 Å². The van der Waals surface area contributed by atoms with E-state index in [0.29, 0.717) is 5.54 Å². The van der Waals surface area contributed by atoms with E-state index in [1.807, 2.05) is 27.8 Å². The van der Waals surface area contributed by atoms with Gasteiger partial charge in [-0.3, -0.25) is 0 Å². The number of carbonyl (C=O) groups excluding carboxylic acids is 1. The molecule has 5 heteroatoms. The van der Waals surface area contributed by atoms with Crippen LogP contribution in [-0.4, -0.2) is 42.2 Å². The first-order valence-corrected chi connectivity index (χ1v) is 6.14. The normalized spacial score (nSPS) is 10.7. The van der Waals surface area contributed by atoms with Crippen molar-refractivity contribution in [3.63, 3.8) is 0 Å². The Kier molecular flexibility index (Phi) is 11.9. The van der Waals surface area contributed by atoms with E-state index < -0.39 is 6.09 Å². The summed E-state index contributed by atoms with van der Waals surface area (Å²) < 4.78 is 4.58. The van der Waals surface area contributed by atoms with Gasteiger partial charge in [-0.2, -0.15) is 0 Å². The first kappa shape index (κ1) is 22.7. The van der Waals surface area contributed by atoms with Crippen LogP contribution in [0.1, 0.15) is 49.0 Å². The molecule has 0 aromatic heterocycles. The number of carbonyl (C=O) groups is 1. The number of ether oxygens (including phenoxy) is 1. The molecule has 0 radical (unpaired) electrons. The molecule has 4 nitrogen and oxygen atoms in total. The van der Waals surface area contributed by atoms with Crippen molar-refractivity contribution in [3.8, 4) is 0 Å². The van der Waals surface area contributed by atoms with Crippen LogP contribution >= 0.6 is 11.6 Å². The summed E-state index contributed by atoms with van der Waals surface area (Å²) in [6, 6.07) is -0.0980. The van der Waals surface area contributed by atoms with E-state index in [2.05, 4.69) is 30.8 Å². The predicted octanol–water partition coefficient (Wildman–Crippen LogP) is 3.69. The van der Waals surface area contributed by atoms with Crippen molar-refractivity contribution >= 4 is 17.7 Å². The molecule has 0 spiro atoms. The lowest BCUT2D eigenvalue weighted by Gasteiger charge is -2.30. The molecule has 0 aromatic carbocycles. The lowest BCUT2D eigenvalue weighted by molar-refractivity contribution is 0.0942. The van der Waals surface area contributed by atoms with E-state index in [1.165, 1.54) is 4.90 Å². The number of halogens is 1. The third-order valence-electron chi connectivity index (χ3n) is 2.21. The smallest absolute Gasteiger partial charge is 0.411 e. The largest absolute Gasteiger partial charge is 0.433 e. The van der Waals surface area contributed by atoms with Gasteiger partial charge in [-0.15, -0.1) is 0 Å². The van der Waals surface area contributed by atoms with Gasteiger partial charge in [0.15, 0.2) is 6.07 Å². The molecule has 0 aliphatic carbocycles. The predicted molar refractivity (Wildman–Crippen MR) is 80.3 cm³/mol. The summed E-state index contributed by atoms with van der Waals surface area (Å²) in [5.74, 6) is 0. The minimum Gasteiger partial charge on any atom is -0.433 e. The Bertz CT molecular complexity index is 220. The summed E-state index contributed by atoms with van der Waals surface area (Å²) in [5, 5.41) is 3.10. The van der Waals surface area contributed by atoms with Crippen molar-refractivity contribution in [2.75, 3.05) is 20.2 Å². The average Bonchev–Trinajstić information content (AvgIpc) is 2.15. The lowest BCUT2D eigenvalue weighted by Crippen LogP contribution is -2.42. The monoisotopic (exact) mass is 282 g/mol. The molecule has 0 unspecified atom stereocenters. The molecule has 1 amide bonds. The maximum Gasteiger partial charge on any atom is 0.411 e. The van der Waals surface area contributed by atoms with Gasteiger partial charge < -0.3 is 15.0 Å². The van der Waals surface area contributed by atoms with Gasteiger partial charge in [0.25, 0.3) is 0 Å². The molecule has 112 valence electrons. The molecule has 0 saturated carbocycles. The molecule has 0 rings (SSSR count). The SMILES string of the molecule is C.CN(C(=O)OCCl)C(C)(C)C.CNC(C)(C)C. The first-order valence-electron chi connectivity index (χ1n) is 5.61. The average molecular weight is 283 g/mol. The quantitative estimate of drug-likeness (QED) is 0.746. The zero-order valence-electron chi connectivity index (χ0n) is 12.3. The zero-order chi connectivity index (χ0) is 14.3. The van der Waals surface area contributed by atoms with Crippen LogP contribution in [0.3, 0.4) is 0 Å². The standard InChI is InChI=1S/C7H14ClNO2.C5H13N.CH4/c1-7(2,3)9(4)6(10)11-5-8;1-5(2,3)6-4;/h5H2,1-4H3;6H,1-4H3;1H4. The highest BCUT2D eigenvalue weighted by molar-refractivity contribution is 6.17. The van der Waals surface area contributed by atoms with Crippen molar-refractivity contribution in [3.05, 3.63) is 0 Å². The molecule has 1 N–H and O–H groups in total. The number of amides is 1. The molecule has 0 saturated heterocycles.